The summed E-state index contributed by atoms with van der Waals surface area (Å²) in [5.74, 6) is 0.620. The Bertz CT molecular complexity index is 1240. The van der Waals surface area contributed by atoms with Crippen molar-refractivity contribution < 1.29 is 4.79 Å². The number of hydrogen-bond acceptors (Lipinski definition) is 5. The lowest BCUT2D eigenvalue weighted by Gasteiger charge is -2.10. The highest BCUT2D eigenvalue weighted by Crippen LogP contribution is 2.28. The van der Waals surface area contributed by atoms with Crippen LogP contribution < -0.4 is 5.43 Å². The van der Waals surface area contributed by atoms with E-state index in [2.05, 4.69) is 20.7 Å². The predicted octanol–water partition coefficient (Wildman–Crippen LogP) is 5.61. The van der Waals surface area contributed by atoms with Crippen molar-refractivity contribution in [2.24, 2.45) is 5.10 Å². The first-order valence-electron chi connectivity index (χ1n) is 10.5. The van der Waals surface area contributed by atoms with Gasteiger partial charge in [0, 0.05) is 16.3 Å². The molecule has 6 nitrogen and oxygen atoms in total. The summed E-state index contributed by atoms with van der Waals surface area (Å²) in [6.07, 6.45) is 0.713. The molecule has 0 aliphatic carbocycles. The molecule has 0 radical (unpaired) electrons. The smallest absolute Gasteiger partial charge is 0.250 e. The fraction of sp³-hybridized carbons (Fsp3) is 0.120. The molecule has 33 heavy (non-hydrogen) atoms. The predicted molar refractivity (Wildman–Crippen MR) is 134 cm³/mol. The van der Waals surface area contributed by atoms with Gasteiger partial charge in [0.1, 0.15) is 0 Å². The topological polar surface area (TPSA) is 72.2 Å². The molecule has 0 aliphatic heterocycles. The van der Waals surface area contributed by atoms with E-state index < -0.39 is 0 Å². The van der Waals surface area contributed by atoms with E-state index in [-0.39, 0.29) is 11.7 Å². The zero-order chi connectivity index (χ0) is 23.0. The molecule has 0 aliphatic rings. The van der Waals surface area contributed by atoms with Gasteiger partial charge < -0.3 is 0 Å². The largest absolute Gasteiger partial charge is 0.272 e. The molecule has 1 heterocycles. The van der Waals surface area contributed by atoms with E-state index in [0.717, 1.165) is 22.5 Å². The minimum absolute atomic E-state index is 0.154. The van der Waals surface area contributed by atoms with Crippen LogP contribution in [0.3, 0.4) is 0 Å². The lowest BCUT2D eigenvalue weighted by atomic mass is 10.1. The molecule has 0 spiro atoms. The van der Waals surface area contributed by atoms with Gasteiger partial charge in [-0.2, -0.15) is 5.10 Å². The molecule has 3 aromatic carbocycles. The van der Waals surface area contributed by atoms with Crippen LogP contribution >= 0.6 is 23.4 Å². The van der Waals surface area contributed by atoms with Crippen molar-refractivity contribution in [1.29, 1.82) is 0 Å². The van der Waals surface area contributed by atoms with Crippen molar-refractivity contribution in [1.82, 2.24) is 20.2 Å². The van der Waals surface area contributed by atoms with E-state index >= 15 is 0 Å². The Kier molecular flexibility index (Phi) is 7.55. The van der Waals surface area contributed by atoms with Crippen LogP contribution in [0, 0.1) is 0 Å². The second-order valence-electron chi connectivity index (χ2n) is 7.09. The van der Waals surface area contributed by atoms with E-state index in [1.807, 2.05) is 96.4 Å². The van der Waals surface area contributed by atoms with Crippen molar-refractivity contribution >= 4 is 35.0 Å². The van der Waals surface area contributed by atoms with Crippen LogP contribution in [0.5, 0.6) is 0 Å². The van der Waals surface area contributed by atoms with Gasteiger partial charge in [0.15, 0.2) is 11.0 Å². The number of thioether (sulfide) groups is 1. The van der Waals surface area contributed by atoms with Crippen molar-refractivity contribution in [3.8, 4) is 17.1 Å². The monoisotopic (exact) mass is 475 g/mol. The molecule has 1 amide bonds. The summed E-state index contributed by atoms with van der Waals surface area (Å²) in [7, 11) is 0. The number of carbonyl (C=O) groups excluding carboxylic acids is 1. The Labute approximate surface area is 201 Å². The number of benzene rings is 3. The summed E-state index contributed by atoms with van der Waals surface area (Å²) in [6, 6.07) is 27.0. The van der Waals surface area contributed by atoms with E-state index in [9.17, 15) is 4.79 Å². The van der Waals surface area contributed by atoms with Crippen molar-refractivity contribution in [3.05, 3.63) is 95.5 Å². The van der Waals surface area contributed by atoms with Gasteiger partial charge in [-0.25, -0.2) is 5.43 Å². The molecule has 4 aromatic rings. The number of nitrogens with zero attached hydrogens (tertiary/aromatic N) is 4. The molecule has 4 rings (SSSR count). The second-order valence-corrected chi connectivity index (χ2v) is 8.46. The summed E-state index contributed by atoms with van der Waals surface area (Å²) >= 11 is 7.35. The molecule has 166 valence electrons. The first-order chi connectivity index (χ1) is 16.2. The van der Waals surface area contributed by atoms with Gasteiger partial charge >= 0.3 is 0 Å². The SMILES string of the molecule is CC/C(=N\NC(=O)CSc1nnc(-c2ccc(Cl)cc2)n1-c1ccccc1)c1ccccc1. The molecule has 0 saturated heterocycles. The fourth-order valence-electron chi connectivity index (χ4n) is 3.23. The van der Waals surface area contributed by atoms with Crippen LogP contribution in [0.4, 0.5) is 0 Å². The minimum Gasteiger partial charge on any atom is -0.272 e. The molecule has 0 bridgehead atoms. The number of aromatic nitrogens is 3. The summed E-state index contributed by atoms with van der Waals surface area (Å²) < 4.78 is 1.94. The molecular formula is C25H22ClN5OS. The maximum atomic E-state index is 12.5. The Morgan fingerprint density at radius 3 is 2.30 bits per heavy atom. The molecule has 8 heteroatoms. The Hall–Kier alpha value is -3.42. The van der Waals surface area contributed by atoms with Crippen LogP contribution in [0.1, 0.15) is 18.9 Å². The number of para-hydroxylation sites is 1. The first-order valence-corrected chi connectivity index (χ1v) is 11.8. The zero-order valence-corrected chi connectivity index (χ0v) is 19.6. The van der Waals surface area contributed by atoms with Crippen LogP contribution in [-0.4, -0.2) is 32.1 Å². The van der Waals surface area contributed by atoms with Crippen LogP contribution in [0.25, 0.3) is 17.1 Å². The van der Waals surface area contributed by atoms with Gasteiger partial charge in [-0.1, -0.05) is 78.8 Å². The number of amides is 1. The van der Waals surface area contributed by atoms with E-state index in [4.69, 9.17) is 11.6 Å². The number of carbonyl (C=O) groups is 1. The Balaban J connectivity index is 1.53. The van der Waals surface area contributed by atoms with Crippen molar-refractivity contribution in [2.75, 3.05) is 5.75 Å². The summed E-state index contributed by atoms with van der Waals surface area (Å²) in [4.78, 5) is 12.5. The number of halogens is 1. The van der Waals surface area contributed by atoms with E-state index in [1.165, 1.54) is 11.8 Å². The molecule has 0 fully saturated rings. The highest BCUT2D eigenvalue weighted by atomic mass is 35.5. The number of hydrogen-bond donors (Lipinski definition) is 1. The van der Waals surface area contributed by atoms with Gasteiger partial charge in [0.25, 0.3) is 5.91 Å². The van der Waals surface area contributed by atoms with Gasteiger partial charge in [0.2, 0.25) is 0 Å². The second kappa shape index (κ2) is 10.9. The van der Waals surface area contributed by atoms with Gasteiger partial charge in [-0.15, -0.1) is 10.2 Å². The Morgan fingerprint density at radius 1 is 0.970 bits per heavy atom. The first kappa shape index (κ1) is 22.8. The van der Waals surface area contributed by atoms with Gasteiger partial charge in [0.05, 0.1) is 11.5 Å². The molecule has 1 N–H and O–H groups in total. The lowest BCUT2D eigenvalue weighted by Crippen LogP contribution is -2.22. The molecule has 0 atom stereocenters. The molecular weight excluding hydrogens is 454 g/mol. The molecule has 0 unspecified atom stereocenters. The van der Waals surface area contributed by atoms with Crippen molar-refractivity contribution in [2.45, 2.75) is 18.5 Å². The number of nitrogens with one attached hydrogen (secondary N) is 1. The van der Waals surface area contributed by atoms with Crippen LogP contribution in [0.15, 0.2) is 95.2 Å². The maximum absolute atomic E-state index is 12.5. The number of rotatable bonds is 8. The summed E-state index contributed by atoms with van der Waals surface area (Å²) in [6.45, 7) is 2.01. The quantitative estimate of drug-likeness (QED) is 0.204. The standard InChI is InChI=1S/C25H22ClN5OS/c1-2-22(18-9-5-3-6-10-18)27-28-23(32)17-33-25-30-29-24(19-13-15-20(26)16-14-19)31(25)21-11-7-4-8-12-21/h3-16H,2,17H2,1H3,(H,28,32)/b27-22+. The molecule has 0 saturated carbocycles. The minimum atomic E-state index is -0.211. The van der Waals surface area contributed by atoms with Gasteiger partial charge in [-0.3, -0.25) is 9.36 Å². The van der Waals surface area contributed by atoms with Gasteiger partial charge in [-0.05, 0) is 48.4 Å². The maximum Gasteiger partial charge on any atom is 0.250 e. The summed E-state index contributed by atoms with van der Waals surface area (Å²) in [5.41, 5.74) is 6.27. The zero-order valence-electron chi connectivity index (χ0n) is 18.0. The third kappa shape index (κ3) is 5.69. The summed E-state index contributed by atoms with van der Waals surface area (Å²) in [5, 5.41) is 14.3. The fourth-order valence-corrected chi connectivity index (χ4v) is 4.10. The Morgan fingerprint density at radius 2 is 1.64 bits per heavy atom. The van der Waals surface area contributed by atoms with Crippen LogP contribution in [-0.2, 0) is 4.79 Å². The van der Waals surface area contributed by atoms with Crippen LogP contribution in [0.2, 0.25) is 5.02 Å². The third-order valence-corrected chi connectivity index (χ3v) is 6.02. The van der Waals surface area contributed by atoms with E-state index in [0.29, 0.717) is 22.4 Å². The highest BCUT2D eigenvalue weighted by Gasteiger charge is 2.17. The third-order valence-electron chi connectivity index (χ3n) is 4.84. The lowest BCUT2D eigenvalue weighted by molar-refractivity contribution is -0.118. The van der Waals surface area contributed by atoms with E-state index in [1.54, 1.807) is 0 Å². The molecule has 1 aromatic heterocycles. The highest BCUT2D eigenvalue weighted by molar-refractivity contribution is 7.99. The normalized spacial score (nSPS) is 11.4. The average molecular weight is 476 g/mol. The van der Waals surface area contributed by atoms with Crippen molar-refractivity contribution in [3.63, 3.8) is 0 Å². The number of hydrazone groups is 1. The average Bonchev–Trinajstić information content (AvgIpc) is 3.29.